The standard InChI is InChI=1S/C9H18N4S/c1-7-4-9(13(2)12-7)5-8(11-10)6-14-3/h4,8,11H,5-6,10H2,1-3H3. The van der Waals surface area contributed by atoms with Gasteiger partial charge in [0.1, 0.15) is 0 Å². The number of aryl methyl sites for hydroxylation is 2. The third-order valence-electron chi connectivity index (χ3n) is 2.16. The van der Waals surface area contributed by atoms with E-state index in [2.05, 4.69) is 22.8 Å². The summed E-state index contributed by atoms with van der Waals surface area (Å²) in [4.78, 5) is 0. The molecule has 0 saturated carbocycles. The maximum atomic E-state index is 5.47. The maximum absolute atomic E-state index is 5.47. The van der Waals surface area contributed by atoms with Gasteiger partial charge in [0.2, 0.25) is 0 Å². The molecule has 4 nitrogen and oxygen atoms in total. The average Bonchev–Trinajstić information content (AvgIpc) is 2.44. The molecule has 3 N–H and O–H groups in total. The van der Waals surface area contributed by atoms with E-state index in [-0.39, 0.29) is 0 Å². The van der Waals surface area contributed by atoms with Crippen LogP contribution in [0.4, 0.5) is 0 Å². The SMILES string of the molecule is CSCC(Cc1cc(C)nn1C)NN. The van der Waals surface area contributed by atoms with Crippen LogP contribution in [0.25, 0.3) is 0 Å². The van der Waals surface area contributed by atoms with Gasteiger partial charge in [0, 0.05) is 31.0 Å². The summed E-state index contributed by atoms with van der Waals surface area (Å²) in [5.74, 6) is 6.49. The summed E-state index contributed by atoms with van der Waals surface area (Å²) in [5.41, 5.74) is 5.11. The average molecular weight is 214 g/mol. The first-order chi connectivity index (χ1) is 6.67. The molecular weight excluding hydrogens is 196 g/mol. The number of aromatic nitrogens is 2. The van der Waals surface area contributed by atoms with Crippen LogP contribution in [0.3, 0.4) is 0 Å². The second-order valence-electron chi connectivity index (χ2n) is 3.42. The van der Waals surface area contributed by atoms with Crippen molar-refractivity contribution in [3.8, 4) is 0 Å². The van der Waals surface area contributed by atoms with E-state index in [1.54, 1.807) is 11.8 Å². The molecule has 1 aromatic heterocycles. The molecule has 1 aromatic rings. The van der Waals surface area contributed by atoms with E-state index in [0.717, 1.165) is 17.9 Å². The Hall–Kier alpha value is -0.520. The van der Waals surface area contributed by atoms with E-state index < -0.39 is 0 Å². The zero-order chi connectivity index (χ0) is 10.6. The van der Waals surface area contributed by atoms with E-state index >= 15 is 0 Å². The molecule has 0 aromatic carbocycles. The van der Waals surface area contributed by atoms with Gasteiger partial charge in [-0.05, 0) is 19.2 Å². The van der Waals surface area contributed by atoms with Gasteiger partial charge in [-0.3, -0.25) is 16.0 Å². The summed E-state index contributed by atoms with van der Waals surface area (Å²) < 4.78 is 1.92. The molecule has 1 heterocycles. The van der Waals surface area contributed by atoms with Crippen LogP contribution in [0, 0.1) is 6.92 Å². The molecule has 0 aliphatic carbocycles. The minimum Gasteiger partial charge on any atom is -0.272 e. The highest BCUT2D eigenvalue weighted by atomic mass is 32.2. The Labute approximate surface area is 89.2 Å². The monoisotopic (exact) mass is 214 g/mol. The lowest BCUT2D eigenvalue weighted by molar-refractivity contribution is 0.551. The van der Waals surface area contributed by atoms with Crippen LogP contribution in [0.1, 0.15) is 11.4 Å². The number of hydrazine groups is 1. The van der Waals surface area contributed by atoms with E-state index in [1.165, 1.54) is 5.69 Å². The Morgan fingerprint density at radius 3 is 2.86 bits per heavy atom. The number of thioether (sulfide) groups is 1. The topological polar surface area (TPSA) is 55.9 Å². The summed E-state index contributed by atoms with van der Waals surface area (Å²) in [6, 6.07) is 2.42. The van der Waals surface area contributed by atoms with Crippen LogP contribution in [-0.4, -0.2) is 27.8 Å². The van der Waals surface area contributed by atoms with Crippen LogP contribution in [-0.2, 0) is 13.5 Å². The van der Waals surface area contributed by atoms with E-state index in [9.17, 15) is 0 Å². The first-order valence-electron chi connectivity index (χ1n) is 4.62. The van der Waals surface area contributed by atoms with Crippen LogP contribution in [0.15, 0.2) is 6.07 Å². The fourth-order valence-corrected chi connectivity index (χ4v) is 2.09. The van der Waals surface area contributed by atoms with E-state index in [1.807, 2.05) is 18.7 Å². The predicted molar refractivity (Wildman–Crippen MR) is 61.1 cm³/mol. The lowest BCUT2D eigenvalue weighted by Crippen LogP contribution is -2.39. The van der Waals surface area contributed by atoms with Gasteiger partial charge < -0.3 is 0 Å². The molecule has 0 aliphatic rings. The third-order valence-corrected chi connectivity index (χ3v) is 2.89. The van der Waals surface area contributed by atoms with Crippen molar-refractivity contribution in [3.63, 3.8) is 0 Å². The van der Waals surface area contributed by atoms with Gasteiger partial charge in [0.05, 0.1) is 5.69 Å². The summed E-state index contributed by atoms with van der Waals surface area (Å²) in [6.07, 6.45) is 3.01. The second-order valence-corrected chi connectivity index (χ2v) is 4.33. The third kappa shape index (κ3) is 3.01. The molecule has 1 unspecified atom stereocenters. The molecule has 1 atom stereocenters. The summed E-state index contributed by atoms with van der Waals surface area (Å²) in [7, 11) is 1.97. The van der Waals surface area contributed by atoms with Crippen molar-refractivity contribution >= 4 is 11.8 Å². The highest BCUT2D eigenvalue weighted by molar-refractivity contribution is 7.98. The molecule has 5 heteroatoms. The Bertz CT molecular complexity index is 284. The summed E-state index contributed by atoms with van der Waals surface area (Å²) >= 11 is 1.79. The van der Waals surface area contributed by atoms with Gasteiger partial charge in [-0.15, -0.1) is 0 Å². The van der Waals surface area contributed by atoms with Crippen molar-refractivity contribution in [3.05, 3.63) is 17.5 Å². The quantitative estimate of drug-likeness (QED) is 0.552. The highest BCUT2D eigenvalue weighted by Crippen LogP contribution is 2.07. The molecule has 0 aliphatic heterocycles. The molecule has 0 radical (unpaired) electrons. The fourth-order valence-electron chi connectivity index (χ4n) is 1.47. The van der Waals surface area contributed by atoms with E-state index in [4.69, 9.17) is 5.84 Å². The molecule has 0 fully saturated rings. The smallest absolute Gasteiger partial charge is 0.0596 e. The number of rotatable bonds is 5. The van der Waals surface area contributed by atoms with Gasteiger partial charge >= 0.3 is 0 Å². The van der Waals surface area contributed by atoms with Gasteiger partial charge in [-0.1, -0.05) is 0 Å². The predicted octanol–water partition coefficient (Wildman–Crippen LogP) is 0.466. The maximum Gasteiger partial charge on any atom is 0.0596 e. The zero-order valence-electron chi connectivity index (χ0n) is 8.95. The molecular formula is C9H18N4S. The molecule has 0 bridgehead atoms. The van der Waals surface area contributed by atoms with Crippen LogP contribution in [0.5, 0.6) is 0 Å². The van der Waals surface area contributed by atoms with Crippen molar-refractivity contribution in [2.24, 2.45) is 12.9 Å². The van der Waals surface area contributed by atoms with Gasteiger partial charge in [-0.25, -0.2) is 0 Å². The Balaban J connectivity index is 2.61. The van der Waals surface area contributed by atoms with Crippen LogP contribution < -0.4 is 11.3 Å². The van der Waals surface area contributed by atoms with Crippen LogP contribution >= 0.6 is 11.8 Å². The minimum atomic E-state index is 0.319. The molecule has 0 spiro atoms. The number of hydrogen-bond acceptors (Lipinski definition) is 4. The van der Waals surface area contributed by atoms with Crippen molar-refractivity contribution in [1.29, 1.82) is 0 Å². The van der Waals surface area contributed by atoms with Gasteiger partial charge in [0.15, 0.2) is 0 Å². The van der Waals surface area contributed by atoms with Crippen molar-refractivity contribution in [2.45, 2.75) is 19.4 Å². The lowest BCUT2D eigenvalue weighted by atomic mass is 10.2. The number of nitrogens with one attached hydrogen (secondary N) is 1. The number of nitrogens with two attached hydrogens (primary N) is 1. The van der Waals surface area contributed by atoms with Crippen molar-refractivity contribution in [1.82, 2.24) is 15.2 Å². The first kappa shape index (κ1) is 11.6. The molecule has 80 valence electrons. The largest absolute Gasteiger partial charge is 0.272 e. The Kier molecular flexibility index (Phi) is 4.44. The van der Waals surface area contributed by atoms with Crippen molar-refractivity contribution < 1.29 is 0 Å². The summed E-state index contributed by atoms with van der Waals surface area (Å²) in [6.45, 7) is 2.00. The van der Waals surface area contributed by atoms with Crippen molar-refractivity contribution in [2.75, 3.05) is 12.0 Å². The molecule has 14 heavy (non-hydrogen) atoms. The van der Waals surface area contributed by atoms with E-state index in [0.29, 0.717) is 6.04 Å². The lowest BCUT2D eigenvalue weighted by Gasteiger charge is -2.13. The van der Waals surface area contributed by atoms with Gasteiger partial charge in [0.25, 0.3) is 0 Å². The molecule has 0 saturated heterocycles. The summed E-state index contributed by atoms with van der Waals surface area (Å²) in [5, 5.41) is 4.30. The minimum absolute atomic E-state index is 0.319. The second kappa shape index (κ2) is 5.38. The Morgan fingerprint density at radius 2 is 2.43 bits per heavy atom. The normalized spacial score (nSPS) is 13.1. The molecule has 0 amide bonds. The van der Waals surface area contributed by atoms with Gasteiger partial charge in [-0.2, -0.15) is 16.9 Å². The number of nitrogens with zero attached hydrogens (tertiary/aromatic N) is 2. The Morgan fingerprint density at radius 1 is 1.71 bits per heavy atom. The number of hydrogen-bond donors (Lipinski definition) is 2. The first-order valence-corrected chi connectivity index (χ1v) is 6.01. The zero-order valence-corrected chi connectivity index (χ0v) is 9.77. The van der Waals surface area contributed by atoms with Crippen LogP contribution in [0.2, 0.25) is 0 Å². The molecule has 1 rings (SSSR count). The highest BCUT2D eigenvalue weighted by Gasteiger charge is 2.10. The fraction of sp³-hybridized carbons (Fsp3) is 0.667.